The third-order valence-electron chi connectivity index (χ3n) is 6.15. The number of Topliss-reactive ketones (excluding diaryl/α,β-unsaturated/α-hetero) is 3. The van der Waals surface area contributed by atoms with E-state index in [4.69, 9.17) is 14.2 Å². The Bertz CT molecular complexity index is 637. The first-order chi connectivity index (χ1) is 17.2. The van der Waals surface area contributed by atoms with E-state index in [0.717, 1.165) is 0 Å². The van der Waals surface area contributed by atoms with Crippen molar-refractivity contribution in [3.8, 4) is 0 Å². The van der Waals surface area contributed by atoms with E-state index in [1.807, 2.05) is 55.4 Å². The molecule has 0 saturated carbocycles. The quantitative estimate of drug-likeness (QED) is 0.187. The van der Waals surface area contributed by atoms with Gasteiger partial charge in [0.05, 0.1) is 45.4 Å². The Labute approximate surface area is 228 Å². The summed E-state index contributed by atoms with van der Waals surface area (Å²) in [5, 5.41) is 0.293. The summed E-state index contributed by atoms with van der Waals surface area (Å²) in [6.07, 6.45) is 0.840. The molecular weight excluding hydrogens is 494 g/mol. The zero-order chi connectivity index (χ0) is 28.6. The van der Waals surface area contributed by atoms with Gasteiger partial charge in [0.15, 0.2) is 0 Å². The van der Waals surface area contributed by atoms with Gasteiger partial charge in [-0.15, -0.1) is 11.8 Å². The molecule has 0 rings (SSSR count). The standard InChI is InChI=1S/C28H51NO7S/c1-20(2)24(30)10-13-34-17-28(18-35-14-11-25(31)21(3)4,19-36-15-12-26(32)22(5)6)29(9)27(33)16-37-23(7)8/h20-23H,10-19H2,1-9H3. The minimum Gasteiger partial charge on any atom is -0.378 e. The molecule has 0 aromatic rings. The number of nitrogens with zero attached hydrogens (tertiary/aromatic N) is 1. The highest BCUT2D eigenvalue weighted by Crippen LogP contribution is 2.21. The molecular formula is C28H51NO7S. The van der Waals surface area contributed by atoms with Gasteiger partial charge in [-0.05, 0) is 5.25 Å². The maximum atomic E-state index is 13.2. The Morgan fingerprint density at radius 3 is 1.24 bits per heavy atom. The second kappa shape index (κ2) is 18.9. The molecule has 9 heteroatoms. The summed E-state index contributed by atoms with van der Waals surface area (Å²) in [5.41, 5.74) is -0.975. The maximum absolute atomic E-state index is 13.2. The lowest BCUT2D eigenvalue weighted by Crippen LogP contribution is -2.59. The molecule has 216 valence electrons. The number of carbonyl (C=O) groups excluding carboxylic acids is 4. The zero-order valence-electron chi connectivity index (χ0n) is 24.6. The van der Waals surface area contributed by atoms with E-state index in [2.05, 4.69) is 0 Å². The fraction of sp³-hybridized carbons (Fsp3) is 0.857. The molecule has 0 heterocycles. The minimum atomic E-state index is -0.975. The van der Waals surface area contributed by atoms with E-state index >= 15 is 0 Å². The molecule has 37 heavy (non-hydrogen) atoms. The van der Waals surface area contributed by atoms with Crippen molar-refractivity contribution in [1.82, 2.24) is 4.90 Å². The summed E-state index contributed by atoms with van der Waals surface area (Å²) in [6.45, 7) is 16.1. The van der Waals surface area contributed by atoms with Crippen LogP contribution in [0.25, 0.3) is 0 Å². The molecule has 0 aliphatic carbocycles. The Balaban J connectivity index is 5.63. The predicted molar refractivity (Wildman–Crippen MR) is 149 cm³/mol. The van der Waals surface area contributed by atoms with Crippen molar-refractivity contribution in [1.29, 1.82) is 0 Å². The molecule has 1 amide bonds. The molecule has 0 radical (unpaired) electrons. The van der Waals surface area contributed by atoms with Crippen molar-refractivity contribution >= 4 is 35.0 Å². The molecule has 0 fully saturated rings. The van der Waals surface area contributed by atoms with Crippen LogP contribution >= 0.6 is 11.8 Å². The fourth-order valence-electron chi connectivity index (χ4n) is 3.19. The Morgan fingerprint density at radius 2 is 0.973 bits per heavy atom. The molecule has 0 atom stereocenters. The molecule has 0 aliphatic heterocycles. The predicted octanol–water partition coefficient (Wildman–Crippen LogP) is 4.22. The van der Waals surface area contributed by atoms with Crippen LogP contribution in [0.1, 0.15) is 74.7 Å². The number of hydrogen-bond acceptors (Lipinski definition) is 8. The van der Waals surface area contributed by atoms with Crippen LogP contribution in [0.2, 0.25) is 0 Å². The molecule has 0 N–H and O–H groups in total. The van der Waals surface area contributed by atoms with Gasteiger partial charge in [0.2, 0.25) is 5.91 Å². The van der Waals surface area contributed by atoms with Crippen LogP contribution < -0.4 is 0 Å². The van der Waals surface area contributed by atoms with Crippen molar-refractivity contribution in [2.75, 3.05) is 52.4 Å². The van der Waals surface area contributed by atoms with Crippen LogP contribution in [0.3, 0.4) is 0 Å². The first-order valence-electron chi connectivity index (χ1n) is 13.4. The van der Waals surface area contributed by atoms with Crippen LogP contribution in [-0.4, -0.2) is 91.4 Å². The normalized spacial score (nSPS) is 12.1. The number of rotatable bonds is 22. The number of amides is 1. The minimum absolute atomic E-state index is 0.0747. The number of likely N-dealkylation sites (N-methyl/N-ethyl adjacent to an activating group) is 1. The molecule has 0 spiro atoms. The topological polar surface area (TPSA) is 99.2 Å². The fourth-order valence-corrected chi connectivity index (χ4v) is 3.86. The van der Waals surface area contributed by atoms with E-state index in [1.54, 1.807) is 23.7 Å². The second-order valence-corrected chi connectivity index (χ2v) is 12.4. The van der Waals surface area contributed by atoms with Crippen molar-refractivity contribution in [2.24, 2.45) is 17.8 Å². The van der Waals surface area contributed by atoms with Crippen LogP contribution in [0.4, 0.5) is 0 Å². The van der Waals surface area contributed by atoms with Gasteiger partial charge in [-0.1, -0.05) is 55.4 Å². The third kappa shape index (κ3) is 15.0. The lowest BCUT2D eigenvalue weighted by molar-refractivity contribution is -0.148. The van der Waals surface area contributed by atoms with E-state index in [0.29, 0.717) is 11.0 Å². The van der Waals surface area contributed by atoms with Gasteiger partial charge < -0.3 is 19.1 Å². The Hall–Kier alpha value is -1.29. The molecule has 0 aromatic carbocycles. The van der Waals surface area contributed by atoms with Crippen LogP contribution in [0, 0.1) is 17.8 Å². The maximum Gasteiger partial charge on any atom is 0.233 e. The summed E-state index contributed by atoms with van der Waals surface area (Å²) in [7, 11) is 1.71. The van der Waals surface area contributed by atoms with E-state index in [-0.39, 0.29) is 99.9 Å². The zero-order valence-corrected chi connectivity index (χ0v) is 25.4. The summed E-state index contributed by atoms with van der Waals surface area (Å²) >= 11 is 1.54. The lowest BCUT2D eigenvalue weighted by atomic mass is 10.00. The third-order valence-corrected chi connectivity index (χ3v) is 7.23. The smallest absolute Gasteiger partial charge is 0.233 e. The van der Waals surface area contributed by atoms with E-state index < -0.39 is 5.54 Å². The number of ether oxygens (including phenoxy) is 3. The van der Waals surface area contributed by atoms with Gasteiger partial charge in [0.25, 0.3) is 0 Å². The van der Waals surface area contributed by atoms with E-state index in [9.17, 15) is 19.2 Å². The van der Waals surface area contributed by atoms with Crippen LogP contribution in [-0.2, 0) is 33.4 Å². The Morgan fingerprint density at radius 1 is 0.649 bits per heavy atom. The van der Waals surface area contributed by atoms with E-state index in [1.165, 1.54) is 0 Å². The van der Waals surface area contributed by atoms with Crippen molar-refractivity contribution in [2.45, 2.75) is 85.4 Å². The highest BCUT2D eigenvalue weighted by Gasteiger charge is 2.39. The summed E-state index contributed by atoms with van der Waals surface area (Å²) in [6, 6.07) is 0. The number of carbonyl (C=O) groups is 4. The molecule has 0 aliphatic rings. The SMILES string of the molecule is CC(C)SCC(=O)N(C)C(COCCC(=O)C(C)C)(COCCC(=O)C(C)C)COCCC(=O)C(C)C. The highest BCUT2D eigenvalue weighted by atomic mass is 32.2. The van der Waals surface area contributed by atoms with Crippen LogP contribution in [0.15, 0.2) is 0 Å². The molecule has 0 unspecified atom stereocenters. The molecule has 0 saturated heterocycles. The number of ketones is 3. The van der Waals surface area contributed by atoms with Crippen molar-refractivity contribution < 1.29 is 33.4 Å². The average Bonchev–Trinajstić information content (AvgIpc) is 2.83. The van der Waals surface area contributed by atoms with Gasteiger partial charge in [-0.3, -0.25) is 19.2 Å². The van der Waals surface area contributed by atoms with Gasteiger partial charge in [-0.25, -0.2) is 0 Å². The van der Waals surface area contributed by atoms with Gasteiger partial charge in [0.1, 0.15) is 22.9 Å². The first-order valence-corrected chi connectivity index (χ1v) is 14.5. The Kier molecular flexibility index (Phi) is 18.2. The molecule has 8 nitrogen and oxygen atoms in total. The summed E-state index contributed by atoms with van der Waals surface area (Å²) < 4.78 is 17.8. The number of thioether (sulfide) groups is 1. The lowest BCUT2D eigenvalue weighted by Gasteiger charge is -2.41. The molecule has 0 bridgehead atoms. The van der Waals surface area contributed by atoms with Crippen LogP contribution in [0.5, 0.6) is 0 Å². The summed E-state index contributed by atoms with van der Waals surface area (Å²) in [4.78, 5) is 50.9. The molecule has 0 aromatic heterocycles. The monoisotopic (exact) mass is 545 g/mol. The summed E-state index contributed by atoms with van der Waals surface area (Å²) in [5.74, 6) is 0.294. The number of hydrogen-bond donors (Lipinski definition) is 0. The highest BCUT2D eigenvalue weighted by molar-refractivity contribution is 8.00. The van der Waals surface area contributed by atoms with Gasteiger partial charge >= 0.3 is 0 Å². The second-order valence-electron chi connectivity index (χ2n) is 10.8. The largest absolute Gasteiger partial charge is 0.378 e. The average molecular weight is 546 g/mol. The van der Waals surface area contributed by atoms with Crippen molar-refractivity contribution in [3.63, 3.8) is 0 Å². The first kappa shape index (κ1) is 35.7. The van der Waals surface area contributed by atoms with Crippen molar-refractivity contribution in [3.05, 3.63) is 0 Å². The van der Waals surface area contributed by atoms with Gasteiger partial charge in [0, 0.05) is 44.1 Å². The van der Waals surface area contributed by atoms with Gasteiger partial charge in [-0.2, -0.15) is 0 Å².